The van der Waals surface area contributed by atoms with Crippen LogP contribution in [0.5, 0.6) is 0 Å². The molecule has 1 atom stereocenters. The minimum Gasteiger partial charge on any atom is -0.349 e. The normalized spacial score (nSPS) is 12.5. The van der Waals surface area contributed by atoms with Crippen molar-refractivity contribution in [2.45, 2.75) is 31.2 Å². The van der Waals surface area contributed by atoms with Crippen LogP contribution < -0.4 is 10.5 Å². The molecule has 0 radical (unpaired) electrons. The highest BCUT2D eigenvalue weighted by molar-refractivity contribution is 7.89. The molecule has 0 saturated heterocycles. The van der Waals surface area contributed by atoms with E-state index in [1.807, 2.05) is 0 Å². The molecule has 5 nitrogen and oxygen atoms in total. The van der Waals surface area contributed by atoms with Gasteiger partial charge in [0.2, 0.25) is 10.0 Å². The molecule has 102 valence electrons. The van der Waals surface area contributed by atoms with E-state index < -0.39 is 10.0 Å². The smallest absolute Gasteiger partial charge is 0.251 e. The summed E-state index contributed by atoms with van der Waals surface area (Å²) in [6, 6.07) is 4.07. The Balaban J connectivity index is 3.05. The Morgan fingerprint density at radius 2 is 2.11 bits per heavy atom. The summed E-state index contributed by atoms with van der Waals surface area (Å²) in [4.78, 5) is 11.9. The summed E-state index contributed by atoms with van der Waals surface area (Å²) in [5.74, 6) is 2.06. The predicted molar refractivity (Wildman–Crippen MR) is 72.9 cm³/mol. The number of carbonyl (C=O) groups is 1. The third-order valence-electron chi connectivity index (χ3n) is 2.44. The topological polar surface area (TPSA) is 89.3 Å². The molecule has 1 rings (SSSR count). The van der Waals surface area contributed by atoms with Crippen LogP contribution in [0.3, 0.4) is 0 Å². The fourth-order valence-corrected chi connectivity index (χ4v) is 2.22. The molecule has 1 unspecified atom stereocenters. The summed E-state index contributed by atoms with van der Waals surface area (Å²) in [7, 11) is -3.83. The molecule has 0 saturated carbocycles. The van der Waals surface area contributed by atoms with Crippen LogP contribution in [-0.4, -0.2) is 20.4 Å². The number of rotatable bonds is 4. The molecular formula is C13H16N2O3S. The first-order valence-corrected chi connectivity index (χ1v) is 7.17. The monoisotopic (exact) mass is 280 g/mol. The molecule has 0 aliphatic rings. The van der Waals surface area contributed by atoms with E-state index in [0.717, 1.165) is 0 Å². The Morgan fingerprint density at radius 3 is 2.63 bits per heavy atom. The van der Waals surface area contributed by atoms with E-state index in [0.29, 0.717) is 12.0 Å². The van der Waals surface area contributed by atoms with E-state index in [-0.39, 0.29) is 22.4 Å². The second-order valence-corrected chi connectivity index (χ2v) is 5.92. The molecule has 0 spiro atoms. The molecule has 6 heteroatoms. The molecule has 1 aromatic rings. The van der Waals surface area contributed by atoms with Gasteiger partial charge in [-0.3, -0.25) is 4.79 Å². The maximum absolute atomic E-state index is 11.9. The number of aryl methyl sites for hydroxylation is 1. The number of nitrogens with two attached hydrogens (primary N) is 1. The Labute approximate surface area is 113 Å². The van der Waals surface area contributed by atoms with Crippen molar-refractivity contribution in [2.75, 3.05) is 0 Å². The number of primary sulfonamides is 1. The van der Waals surface area contributed by atoms with Gasteiger partial charge in [0, 0.05) is 18.0 Å². The number of amides is 1. The Kier molecular flexibility index (Phi) is 4.70. The van der Waals surface area contributed by atoms with Gasteiger partial charge in [-0.2, -0.15) is 0 Å². The number of hydrogen-bond acceptors (Lipinski definition) is 3. The lowest BCUT2D eigenvalue weighted by Gasteiger charge is -2.12. The number of hydrogen-bond donors (Lipinski definition) is 2. The fraction of sp³-hybridized carbons (Fsp3) is 0.308. The van der Waals surface area contributed by atoms with Crippen LogP contribution in [0, 0.1) is 19.3 Å². The van der Waals surface area contributed by atoms with Crippen molar-refractivity contribution in [3.63, 3.8) is 0 Å². The first-order valence-electron chi connectivity index (χ1n) is 5.63. The maximum Gasteiger partial charge on any atom is 0.251 e. The number of terminal acetylenes is 1. The van der Waals surface area contributed by atoms with Gasteiger partial charge in [0.25, 0.3) is 5.91 Å². The Morgan fingerprint density at radius 1 is 1.47 bits per heavy atom. The predicted octanol–water partition coefficient (Wildman–Crippen LogP) is 0.784. The van der Waals surface area contributed by atoms with Gasteiger partial charge < -0.3 is 5.32 Å². The van der Waals surface area contributed by atoms with Crippen LogP contribution >= 0.6 is 0 Å². The lowest BCUT2D eigenvalue weighted by atomic mass is 10.1. The highest BCUT2D eigenvalue weighted by Gasteiger charge is 2.14. The van der Waals surface area contributed by atoms with Gasteiger partial charge in [-0.25, -0.2) is 13.6 Å². The van der Waals surface area contributed by atoms with Crippen LogP contribution in [0.15, 0.2) is 23.1 Å². The van der Waals surface area contributed by atoms with Gasteiger partial charge in [-0.1, -0.05) is 0 Å². The van der Waals surface area contributed by atoms with Crippen LogP contribution in [-0.2, 0) is 10.0 Å². The summed E-state index contributed by atoms with van der Waals surface area (Å²) in [5.41, 5.74) is 0.883. The van der Waals surface area contributed by atoms with Crippen molar-refractivity contribution in [1.82, 2.24) is 5.32 Å². The molecule has 0 aliphatic heterocycles. The highest BCUT2D eigenvalue weighted by Crippen LogP contribution is 2.13. The number of sulfonamides is 1. The number of carbonyl (C=O) groups excluding carboxylic acids is 1. The van der Waals surface area contributed by atoms with Crippen LogP contribution in [0.1, 0.15) is 29.3 Å². The summed E-state index contributed by atoms with van der Waals surface area (Å²) in [5, 5.41) is 7.74. The third kappa shape index (κ3) is 4.39. The summed E-state index contributed by atoms with van der Waals surface area (Å²) in [6.45, 7) is 3.46. The fourth-order valence-electron chi connectivity index (χ4n) is 1.58. The van der Waals surface area contributed by atoms with E-state index in [1.165, 1.54) is 12.1 Å². The SMILES string of the molecule is C#CCC(C)NC(=O)c1cc(C)cc(S(N)(=O)=O)c1. The zero-order valence-electron chi connectivity index (χ0n) is 10.8. The van der Waals surface area contributed by atoms with Gasteiger partial charge in [-0.05, 0) is 37.6 Å². The molecule has 0 heterocycles. The average Bonchev–Trinajstić information content (AvgIpc) is 2.27. The van der Waals surface area contributed by atoms with Crippen molar-refractivity contribution in [2.24, 2.45) is 5.14 Å². The molecule has 19 heavy (non-hydrogen) atoms. The minimum atomic E-state index is -3.83. The van der Waals surface area contributed by atoms with Gasteiger partial charge >= 0.3 is 0 Å². The number of nitrogens with one attached hydrogen (secondary N) is 1. The van der Waals surface area contributed by atoms with E-state index in [9.17, 15) is 13.2 Å². The maximum atomic E-state index is 11.9. The summed E-state index contributed by atoms with van der Waals surface area (Å²) < 4.78 is 22.6. The first kappa shape index (κ1) is 15.2. The van der Waals surface area contributed by atoms with E-state index >= 15 is 0 Å². The first-order chi connectivity index (χ1) is 8.74. The highest BCUT2D eigenvalue weighted by atomic mass is 32.2. The van der Waals surface area contributed by atoms with Gasteiger partial charge in [0.15, 0.2) is 0 Å². The second-order valence-electron chi connectivity index (χ2n) is 4.36. The molecular weight excluding hydrogens is 264 g/mol. The summed E-state index contributed by atoms with van der Waals surface area (Å²) >= 11 is 0. The minimum absolute atomic E-state index is 0.0812. The molecule has 0 bridgehead atoms. The third-order valence-corrected chi connectivity index (χ3v) is 3.34. The van der Waals surface area contributed by atoms with Crippen molar-refractivity contribution < 1.29 is 13.2 Å². The zero-order valence-corrected chi connectivity index (χ0v) is 11.6. The quantitative estimate of drug-likeness (QED) is 0.799. The van der Waals surface area contributed by atoms with Crippen molar-refractivity contribution in [1.29, 1.82) is 0 Å². The molecule has 1 amide bonds. The van der Waals surface area contributed by atoms with Crippen molar-refractivity contribution in [3.05, 3.63) is 29.3 Å². The number of benzene rings is 1. The molecule has 3 N–H and O–H groups in total. The Hall–Kier alpha value is -1.84. The van der Waals surface area contributed by atoms with Crippen LogP contribution in [0.25, 0.3) is 0 Å². The molecule has 0 aromatic heterocycles. The summed E-state index contributed by atoms with van der Waals surface area (Å²) in [6.07, 6.45) is 5.55. The second kappa shape index (κ2) is 5.87. The largest absolute Gasteiger partial charge is 0.349 e. The molecule has 1 aromatic carbocycles. The standard InChI is InChI=1S/C13H16N2O3S/c1-4-5-10(3)15-13(16)11-6-9(2)7-12(8-11)19(14,17)18/h1,6-8,10H,5H2,2-3H3,(H,15,16)(H2,14,17,18). The zero-order chi connectivity index (χ0) is 14.6. The van der Waals surface area contributed by atoms with E-state index in [4.69, 9.17) is 11.6 Å². The van der Waals surface area contributed by atoms with Crippen molar-refractivity contribution in [3.8, 4) is 12.3 Å². The van der Waals surface area contributed by atoms with Crippen molar-refractivity contribution >= 4 is 15.9 Å². The molecule has 0 fully saturated rings. The van der Waals surface area contributed by atoms with Gasteiger partial charge in [0.05, 0.1) is 4.90 Å². The lowest BCUT2D eigenvalue weighted by Crippen LogP contribution is -2.32. The average molecular weight is 280 g/mol. The van der Waals surface area contributed by atoms with E-state index in [1.54, 1.807) is 19.9 Å². The van der Waals surface area contributed by atoms with Crippen LogP contribution in [0.2, 0.25) is 0 Å². The van der Waals surface area contributed by atoms with E-state index in [2.05, 4.69) is 11.2 Å². The van der Waals surface area contributed by atoms with Gasteiger partial charge in [0.1, 0.15) is 0 Å². The van der Waals surface area contributed by atoms with Crippen LogP contribution in [0.4, 0.5) is 0 Å². The van der Waals surface area contributed by atoms with Gasteiger partial charge in [-0.15, -0.1) is 12.3 Å². The lowest BCUT2D eigenvalue weighted by molar-refractivity contribution is 0.0940. The molecule has 0 aliphatic carbocycles. The Bertz CT molecular complexity index is 630.